The number of nitro benzene ring substituents is 1. The highest BCUT2D eigenvalue weighted by Crippen LogP contribution is 2.26. The van der Waals surface area contributed by atoms with Gasteiger partial charge in [-0.1, -0.05) is 12.1 Å². The number of carbonyl (C=O) groups is 1. The van der Waals surface area contributed by atoms with E-state index in [9.17, 15) is 23.3 Å². The van der Waals surface area contributed by atoms with Crippen LogP contribution in [-0.2, 0) is 14.8 Å². The minimum absolute atomic E-state index is 0. The van der Waals surface area contributed by atoms with Crippen molar-refractivity contribution in [1.82, 2.24) is 9.21 Å². The molecule has 2 rings (SSSR count). The number of piperazine rings is 1. The van der Waals surface area contributed by atoms with Crippen LogP contribution in [0.15, 0.2) is 29.2 Å². The first-order valence-corrected chi connectivity index (χ1v) is 8.94. The number of hydrogen-bond acceptors (Lipinski definition) is 6. The first-order chi connectivity index (χ1) is 11.2. The van der Waals surface area contributed by atoms with E-state index >= 15 is 0 Å². The minimum Gasteiger partial charge on any atom is -0.340 e. The fourth-order valence-corrected chi connectivity index (χ4v) is 4.13. The number of nitrogens with zero attached hydrogens (tertiary/aromatic N) is 3. The van der Waals surface area contributed by atoms with E-state index in [2.05, 4.69) is 0 Å². The molecule has 0 spiro atoms. The monoisotopic (exact) mass is 392 g/mol. The number of amides is 1. The molecule has 1 heterocycles. The number of benzene rings is 1. The minimum atomic E-state index is -3.98. The highest BCUT2D eigenvalue weighted by Gasteiger charge is 2.34. The Balaban J connectivity index is 0.00000312. The molecule has 1 aromatic rings. The van der Waals surface area contributed by atoms with E-state index in [1.54, 1.807) is 11.8 Å². The summed E-state index contributed by atoms with van der Waals surface area (Å²) in [5, 5.41) is 11.1. The van der Waals surface area contributed by atoms with E-state index in [-0.39, 0.29) is 61.9 Å². The molecule has 1 atom stereocenters. The summed E-state index contributed by atoms with van der Waals surface area (Å²) in [6.45, 7) is 2.40. The van der Waals surface area contributed by atoms with Gasteiger partial charge in [-0.3, -0.25) is 14.9 Å². The van der Waals surface area contributed by atoms with Crippen molar-refractivity contribution in [3.63, 3.8) is 0 Å². The second-order valence-electron chi connectivity index (χ2n) is 5.69. The summed E-state index contributed by atoms with van der Waals surface area (Å²) < 4.78 is 26.5. The van der Waals surface area contributed by atoms with Gasteiger partial charge < -0.3 is 10.6 Å². The van der Waals surface area contributed by atoms with Gasteiger partial charge in [-0.15, -0.1) is 12.4 Å². The van der Waals surface area contributed by atoms with Crippen LogP contribution in [0.4, 0.5) is 5.69 Å². The van der Waals surface area contributed by atoms with Gasteiger partial charge in [0.2, 0.25) is 15.9 Å². The van der Waals surface area contributed by atoms with Gasteiger partial charge in [0.15, 0.2) is 4.90 Å². The number of rotatable bonds is 5. The maximum absolute atomic E-state index is 12.7. The maximum atomic E-state index is 12.7. The molecule has 1 unspecified atom stereocenters. The van der Waals surface area contributed by atoms with Gasteiger partial charge >= 0.3 is 0 Å². The Morgan fingerprint density at radius 2 is 1.84 bits per heavy atom. The van der Waals surface area contributed by atoms with E-state index in [1.807, 2.05) is 0 Å². The van der Waals surface area contributed by atoms with Crippen LogP contribution in [0.3, 0.4) is 0 Å². The molecular weight excluding hydrogens is 372 g/mol. The molecule has 1 aliphatic heterocycles. The molecule has 0 aliphatic carbocycles. The number of nitro groups is 1. The van der Waals surface area contributed by atoms with Crippen LogP contribution < -0.4 is 5.73 Å². The molecule has 1 fully saturated rings. The number of nitrogens with two attached hydrogens (primary N) is 1. The van der Waals surface area contributed by atoms with E-state index in [0.717, 1.165) is 6.07 Å². The predicted molar refractivity (Wildman–Crippen MR) is 93.9 cm³/mol. The van der Waals surface area contributed by atoms with Crippen LogP contribution in [0.5, 0.6) is 0 Å². The van der Waals surface area contributed by atoms with Gasteiger partial charge in [-0.05, 0) is 13.0 Å². The molecule has 0 aromatic heterocycles. The zero-order valence-electron chi connectivity index (χ0n) is 13.7. The largest absolute Gasteiger partial charge is 0.340 e. The van der Waals surface area contributed by atoms with E-state index < -0.39 is 20.6 Å². The lowest BCUT2D eigenvalue weighted by Crippen LogP contribution is -2.51. The number of para-hydroxylation sites is 1. The Bertz CT molecular complexity index is 732. The molecule has 0 saturated carbocycles. The molecule has 11 heteroatoms. The predicted octanol–water partition coefficient (Wildman–Crippen LogP) is 0.587. The third-order valence-corrected chi connectivity index (χ3v) is 5.71. The summed E-state index contributed by atoms with van der Waals surface area (Å²) in [4.78, 5) is 23.5. The van der Waals surface area contributed by atoms with Crippen molar-refractivity contribution in [3.8, 4) is 0 Å². The SMILES string of the molecule is CC(N)CC(=O)N1CCN(S(=O)(=O)c2ccccc2[N+](=O)[O-])CC1.Cl. The molecular formula is C14H21ClN4O5S. The number of carbonyl (C=O) groups excluding carboxylic acids is 1. The molecule has 140 valence electrons. The summed E-state index contributed by atoms with van der Waals surface area (Å²) in [6.07, 6.45) is 0.205. The van der Waals surface area contributed by atoms with Gasteiger partial charge in [0.25, 0.3) is 5.69 Å². The lowest BCUT2D eigenvalue weighted by Gasteiger charge is -2.34. The van der Waals surface area contributed by atoms with Crippen molar-refractivity contribution in [1.29, 1.82) is 0 Å². The fourth-order valence-electron chi connectivity index (χ4n) is 2.55. The van der Waals surface area contributed by atoms with Crippen LogP contribution in [0.2, 0.25) is 0 Å². The zero-order chi connectivity index (χ0) is 17.9. The average molecular weight is 393 g/mol. The highest BCUT2D eigenvalue weighted by atomic mass is 35.5. The molecule has 2 N–H and O–H groups in total. The highest BCUT2D eigenvalue weighted by molar-refractivity contribution is 7.89. The third-order valence-electron chi connectivity index (χ3n) is 3.77. The van der Waals surface area contributed by atoms with Crippen molar-refractivity contribution in [2.45, 2.75) is 24.3 Å². The Morgan fingerprint density at radius 3 is 2.36 bits per heavy atom. The summed E-state index contributed by atoms with van der Waals surface area (Å²) in [5.74, 6) is -0.118. The van der Waals surface area contributed by atoms with Crippen LogP contribution in [0, 0.1) is 10.1 Å². The van der Waals surface area contributed by atoms with Crippen molar-refractivity contribution < 1.29 is 18.1 Å². The molecule has 1 amide bonds. The molecule has 0 bridgehead atoms. The van der Waals surface area contributed by atoms with Crippen LogP contribution >= 0.6 is 12.4 Å². The van der Waals surface area contributed by atoms with E-state index in [4.69, 9.17) is 5.73 Å². The topological polar surface area (TPSA) is 127 Å². The van der Waals surface area contributed by atoms with Gasteiger partial charge in [0.1, 0.15) is 0 Å². The Hall–Kier alpha value is -1.75. The van der Waals surface area contributed by atoms with Crippen LogP contribution in [0.25, 0.3) is 0 Å². The summed E-state index contributed by atoms with van der Waals surface area (Å²) in [7, 11) is -3.98. The first-order valence-electron chi connectivity index (χ1n) is 7.50. The van der Waals surface area contributed by atoms with Crippen molar-refractivity contribution >= 4 is 34.0 Å². The number of sulfonamides is 1. The van der Waals surface area contributed by atoms with Gasteiger partial charge in [0, 0.05) is 44.7 Å². The molecule has 0 radical (unpaired) electrons. The molecule has 1 aromatic carbocycles. The lowest BCUT2D eigenvalue weighted by molar-refractivity contribution is -0.387. The van der Waals surface area contributed by atoms with Crippen molar-refractivity contribution in [3.05, 3.63) is 34.4 Å². The van der Waals surface area contributed by atoms with Gasteiger partial charge in [-0.2, -0.15) is 4.31 Å². The average Bonchev–Trinajstić information content (AvgIpc) is 2.54. The molecule has 1 saturated heterocycles. The standard InChI is InChI=1S/C14H20N4O5S.ClH/c1-11(15)10-14(19)16-6-8-17(9-7-16)24(22,23)13-5-3-2-4-12(13)18(20)21;/h2-5,11H,6-10,15H2,1H3;1H. The number of hydrogen-bond donors (Lipinski definition) is 1. The molecule has 9 nitrogen and oxygen atoms in total. The van der Waals surface area contributed by atoms with Crippen molar-refractivity contribution in [2.24, 2.45) is 5.73 Å². The third kappa shape index (κ3) is 4.88. The van der Waals surface area contributed by atoms with Gasteiger partial charge in [-0.25, -0.2) is 8.42 Å². The zero-order valence-corrected chi connectivity index (χ0v) is 15.3. The smallest absolute Gasteiger partial charge is 0.289 e. The Kier molecular flexibility index (Phi) is 7.29. The normalized spacial score (nSPS) is 16.8. The van der Waals surface area contributed by atoms with Crippen LogP contribution in [0.1, 0.15) is 13.3 Å². The second kappa shape index (κ2) is 8.56. The summed E-state index contributed by atoms with van der Waals surface area (Å²) >= 11 is 0. The van der Waals surface area contributed by atoms with E-state index in [1.165, 1.54) is 22.5 Å². The second-order valence-corrected chi connectivity index (χ2v) is 7.60. The Morgan fingerprint density at radius 1 is 1.28 bits per heavy atom. The Labute approximate surface area is 152 Å². The lowest BCUT2D eigenvalue weighted by atomic mass is 10.2. The summed E-state index contributed by atoms with van der Waals surface area (Å²) in [6, 6.07) is 4.99. The number of halogens is 1. The molecule has 25 heavy (non-hydrogen) atoms. The molecule has 1 aliphatic rings. The quantitative estimate of drug-likeness (QED) is 0.577. The van der Waals surface area contributed by atoms with Gasteiger partial charge in [0.05, 0.1) is 4.92 Å². The maximum Gasteiger partial charge on any atom is 0.289 e. The summed E-state index contributed by atoms with van der Waals surface area (Å²) in [5.41, 5.74) is 5.15. The van der Waals surface area contributed by atoms with E-state index in [0.29, 0.717) is 0 Å². The van der Waals surface area contributed by atoms with Crippen LogP contribution in [-0.4, -0.2) is 60.7 Å². The van der Waals surface area contributed by atoms with Crippen molar-refractivity contribution in [2.75, 3.05) is 26.2 Å². The first kappa shape index (κ1) is 21.3. The fraction of sp³-hybridized carbons (Fsp3) is 0.500.